The maximum Gasteiger partial charge on any atom is 0.337 e. The molecule has 0 saturated carbocycles. The number of methoxy groups -OCH3 is 1. The summed E-state index contributed by atoms with van der Waals surface area (Å²) >= 11 is 6.85. The molecule has 1 fully saturated rings. The predicted octanol–water partition coefficient (Wildman–Crippen LogP) is 2.71. The Labute approximate surface area is 218 Å². The number of morpholine rings is 1. The molecule has 0 atom stereocenters. The minimum Gasteiger partial charge on any atom is -0.466 e. The monoisotopic (exact) mass is 540 g/mol. The van der Waals surface area contributed by atoms with Crippen LogP contribution in [0.4, 0.5) is 4.39 Å². The molecule has 0 aliphatic carbocycles. The number of thiazole rings is 1. The number of benzene rings is 1. The van der Waals surface area contributed by atoms with Crippen LogP contribution in [0.25, 0.3) is 0 Å². The van der Waals surface area contributed by atoms with Gasteiger partial charge in [0.05, 0.1) is 37.5 Å². The van der Waals surface area contributed by atoms with E-state index in [0.29, 0.717) is 44.0 Å². The summed E-state index contributed by atoms with van der Waals surface area (Å²) in [5.74, 6) is 0.0118. The number of aldehydes is 1. The van der Waals surface area contributed by atoms with Crippen molar-refractivity contribution in [2.24, 2.45) is 4.99 Å². The Hall–Kier alpha value is -2.96. The molecule has 2 aliphatic rings. The van der Waals surface area contributed by atoms with Crippen molar-refractivity contribution in [3.05, 3.63) is 75.6 Å². The second-order valence-electron chi connectivity index (χ2n) is 6.75. The second kappa shape index (κ2) is 18.3. The van der Waals surface area contributed by atoms with Gasteiger partial charge in [-0.3, -0.25) is 14.7 Å². The summed E-state index contributed by atoms with van der Waals surface area (Å²) in [5, 5.41) is 13.2. The Morgan fingerprint density at radius 3 is 2.53 bits per heavy atom. The number of halogens is 2. The van der Waals surface area contributed by atoms with E-state index in [2.05, 4.69) is 26.8 Å². The Morgan fingerprint density at radius 1 is 1.36 bits per heavy atom. The number of esters is 1. The Balaban J connectivity index is 0.000000382. The molecule has 36 heavy (non-hydrogen) atoms. The van der Waals surface area contributed by atoms with Crippen molar-refractivity contribution in [1.82, 2.24) is 15.2 Å². The fourth-order valence-corrected chi connectivity index (χ4v) is 3.58. The van der Waals surface area contributed by atoms with Crippen LogP contribution in [-0.2, 0) is 19.1 Å². The van der Waals surface area contributed by atoms with Crippen LogP contribution in [0.2, 0.25) is 5.02 Å². The molecule has 2 N–H and O–H groups in total. The molecule has 0 radical (unpaired) electrons. The zero-order chi connectivity index (χ0) is 26.8. The molecule has 0 spiro atoms. The fraction of sp³-hybridized carbons (Fsp3) is 0.333. The Kier molecular flexibility index (Phi) is 15.8. The lowest BCUT2D eigenvalue weighted by molar-refractivity contribution is -0.136. The number of hydrogen-bond acceptors (Lipinski definition) is 10. The van der Waals surface area contributed by atoms with Gasteiger partial charge in [0.1, 0.15) is 12.1 Å². The number of allylic oxidation sites excluding steroid dienone is 1. The smallest absolute Gasteiger partial charge is 0.337 e. The summed E-state index contributed by atoms with van der Waals surface area (Å²) in [7, 11) is 2.39. The minimum absolute atomic E-state index is 0.174. The molecule has 1 aromatic heterocycles. The lowest BCUT2D eigenvalue weighted by atomic mass is 10.1. The van der Waals surface area contributed by atoms with Crippen LogP contribution in [0.5, 0.6) is 0 Å². The molecule has 2 aromatic rings. The molecule has 2 aliphatic heterocycles. The molecule has 9 nitrogen and oxygen atoms in total. The quantitative estimate of drug-likeness (QED) is 0.338. The number of rotatable bonds is 5. The van der Waals surface area contributed by atoms with Crippen LogP contribution in [-0.4, -0.2) is 86.7 Å². The zero-order valence-corrected chi connectivity index (χ0v) is 21.7. The van der Waals surface area contributed by atoms with Gasteiger partial charge < -0.3 is 19.9 Å². The first-order valence-electron chi connectivity index (χ1n) is 10.7. The Bertz CT molecular complexity index is 985. The van der Waals surface area contributed by atoms with E-state index in [1.807, 2.05) is 5.38 Å². The number of ether oxygens (including phenoxy) is 2. The van der Waals surface area contributed by atoms with Crippen LogP contribution in [0.3, 0.4) is 0 Å². The Morgan fingerprint density at radius 2 is 2.03 bits per heavy atom. The van der Waals surface area contributed by atoms with E-state index in [1.54, 1.807) is 18.3 Å². The zero-order valence-electron chi connectivity index (χ0n) is 20.2. The maximum absolute atomic E-state index is 12.2. The number of nitrogens with zero attached hydrogens (tertiary/aromatic N) is 3. The average Bonchev–Trinajstić information content (AvgIpc) is 3.47. The molecule has 196 valence electrons. The highest BCUT2D eigenvalue weighted by Crippen LogP contribution is 2.16. The van der Waals surface area contributed by atoms with Gasteiger partial charge in [-0.25, -0.2) is 14.2 Å². The van der Waals surface area contributed by atoms with Crippen LogP contribution in [0.15, 0.2) is 64.8 Å². The topological polar surface area (TPSA) is 113 Å². The van der Waals surface area contributed by atoms with Gasteiger partial charge in [-0.05, 0) is 18.2 Å². The standard InChI is InChI=1S/C14H18N4O3S.C6H4ClF.C3H4O.CH4O/c1-20-14(19)10-8-16-12(13-15-2-7-22-13)17-11(10)9-18-3-5-21-6-4-18;7-5-3-1-2-4-6(5)8;1-2-3-4;1-2/h2,7H,3-6,8-9H2,1H3,(H,16,17);1-4H;2-3H,1H2;2H,1H3. The van der Waals surface area contributed by atoms with Gasteiger partial charge in [-0.2, -0.15) is 0 Å². The van der Waals surface area contributed by atoms with Gasteiger partial charge in [0.2, 0.25) is 0 Å². The normalized spacial score (nSPS) is 14.8. The molecule has 0 amide bonds. The molecular weight excluding hydrogens is 511 g/mol. The number of aliphatic hydroxyl groups excluding tert-OH is 1. The summed E-state index contributed by atoms with van der Waals surface area (Å²) in [6.45, 7) is 7.21. The van der Waals surface area contributed by atoms with Gasteiger partial charge in [-0.15, -0.1) is 11.3 Å². The highest BCUT2D eigenvalue weighted by Gasteiger charge is 2.25. The van der Waals surface area contributed by atoms with Crippen LogP contribution >= 0.6 is 22.9 Å². The molecule has 4 rings (SSSR count). The van der Waals surface area contributed by atoms with Crippen molar-refractivity contribution < 1.29 is 28.6 Å². The lowest BCUT2D eigenvalue weighted by Gasteiger charge is -2.29. The minimum atomic E-state index is -0.367. The fourth-order valence-electron chi connectivity index (χ4n) is 2.84. The van der Waals surface area contributed by atoms with E-state index in [4.69, 9.17) is 31.0 Å². The van der Waals surface area contributed by atoms with Crippen LogP contribution < -0.4 is 5.32 Å². The average molecular weight is 541 g/mol. The van der Waals surface area contributed by atoms with Gasteiger partial charge in [0.15, 0.2) is 10.8 Å². The first kappa shape index (κ1) is 31.1. The number of hydrogen-bond donors (Lipinski definition) is 2. The van der Waals surface area contributed by atoms with E-state index >= 15 is 0 Å². The number of amidine groups is 1. The molecule has 12 heteroatoms. The number of aliphatic hydroxyl groups is 1. The summed E-state index contributed by atoms with van der Waals surface area (Å²) in [6.07, 6.45) is 3.57. The van der Waals surface area contributed by atoms with Gasteiger partial charge >= 0.3 is 5.97 Å². The number of nitrogens with one attached hydrogen (secondary N) is 1. The van der Waals surface area contributed by atoms with E-state index in [9.17, 15) is 9.18 Å². The molecule has 0 bridgehead atoms. The molecule has 1 saturated heterocycles. The second-order valence-corrected chi connectivity index (χ2v) is 8.05. The van der Waals surface area contributed by atoms with Gasteiger partial charge in [0, 0.05) is 44.0 Å². The van der Waals surface area contributed by atoms with Crippen molar-refractivity contribution in [3.8, 4) is 0 Å². The summed E-state index contributed by atoms with van der Waals surface area (Å²) in [5.41, 5.74) is 1.42. The first-order valence-corrected chi connectivity index (χ1v) is 12.0. The van der Waals surface area contributed by atoms with Crippen molar-refractivity contribution >= 4 is 41.0 Å². The largest absolute Gasteiger partial charge is 0.466 e. The van der Waals surface area contributed by atoms with Crippen molar-refractivity contribution in [3.63, 3.8) is 0 Å². The van der Waals surface area contributed by atoms with E-state index in [-0.39, 0.29) is 16.8 Å². The van der Waals surface area contributed by atoms with E-state index < -0.39 is 0 Å². The third-order valence-corrected chi connectivity index (χ3v) is 5.59. The lowest BCUT2D eigenvalue weighted by Crippen LogP contribution is -2.42. The molecule has 0 unspecified atom stereocenters. The summed E-state index contributed by atoms with van der Waals surface area (Å²) in [4.78, 5) is 32.0. The maximum atomic E-state index is 12.2. The third-order valence-electron chi connectivity index (χ3n) is 4.50. The third kappa shape index (κ3) is 10.8. The van der Waals surface area contributed by atoms with Crippen molar-refractivity contribution in [2.75, 3.05) is 53.6 Å². The number of carbonyl (C=O) groups is 2. The highest BCUT2D eigenvalue weighted by atomic mass is 35.5. The molecule has 3 heterocycles. The van der Waals surface area contributed by atoms with Crippen molar-refractivity contribution in [1.29, 1.82) is 0 Å². The summed E-state index contributed by atoms with van der Waals surface area (Å²) in [6, 6.07) is 6.12. The van der Waals surface area contributed by atoms with Crippen molar-refractivity contribution in [2.45, 2.75) is 0 Å². The SMILES string of the molecule is C=CC=O.CO.COC(=O)C1=C(CN2CCOCC2)NC(c2nccs2)=NC1.Fc1ccccc1Cl. The first-order chi connectivity index (χ1) is 17.5. The van der Waals surface area contributed by atoms with Crippen LogP contribution in [0, 0.1) is 5.82 Å². The predicted molar refractivity (Wildman–Crippen MR) is 139 cm³/mol. The van der Waals surface area contributed by atoms with E-state index in [0.717, 1.165) is 30.9 Å². The highest BCUT2D eigenvalue weighted by molar-refractivity contribution is 7.11. The van der Waals surface area contributed by atoms with Crippen LogP contribution in [0.1, 0.15) is 5.01 Å². The number of aliphatic imine (C=N–C) groups is 1. The number of carbonyl (C=O) groups excluding carboxylic acids is 2. The van der Waals surface area contributed by atoms with E-state index in [1.165, 1.54) is 36.7 Å². The summed E-state index contributed by atoms with van der Waals surface area (Å²) < 4.78 is 22.4. The molecule has 1 aromatic carbocycles. The molecular formula is C24H30ClFN4O5S. The van der Waals surface area contributed by atoms with Gasteiger partial charge in [0.25, 0.3) is 0 Å². The number of aromatic nitrogens is 1. The van der Waals surface area contributed by atoms with Gasteiger partial charge in [-0.1, -0.05) is 30.3 Å².